The van der Waals surface area contributed by atoms with Gasteiger partial charge < -0.3 is 15.0 Å². The van der Waals surface area contributed by atoms with Crippen LogP contribution < -0.4 is 5.73 Å². The van der Waals surface area contributed by atoms with Gasteiger partial charge in [-0.3, -0.25) is 4.79 Å². The molecule has 0 spiro atoms. The van der Waals surface area contributed by atoms with Crippen molar-refractivity contribution in [2.45, 2.75) is 53.5 Å². The van der Waals surface area contributed by atoms with Gasteiger partial charge in [0.25, 0.3) is 5.91 Å². The quantitative estimate of drug-likeness (QED) is 0.693. The lowest BCUT2D eigenvalue weighted by Crippen LogP contribution is -2.13. The molecular formula is C21H30N2O2. The second-order valence-electron chi connectivity index (χ2n) is 6.46. The highest BCUT2D eigenvalue weighted by molar-refractivity contribution is 6.02. The molecule has 136 valence electrons. The van der Waals surface area contributed by atoms with Crippen molar-refractivity contribution in [1.29, 1.82) is 0 Å². The maximum absolute atomic E-state index is 12.2. The first-order valence-electron chi connectivity index (χ1n) is 9.17. The molecule has 1 aromatic carbocycles. The van der Waals surface area contributed by atoms with Crippen molar-refractivity contribution < 1.29 is 9.53 Å². The number of rotatable bonds is 9. The summed E-state index contributed by atoms with van der Waals surface area (Å²) in [6.07, 6.45) is 2.86. The maximum atomic E-state index is 12.2. The van der Waals surface area contributed by atoms with Crippen molar-refractivity contribution in [2.75, 3.05) is 13.2 Å². The molecule has 1 heterocycles. The number of benzene rings is 1. The molecule has 4 heteroatoms. The van der Waals surface area contributed by atoms with Gasteiger partial charge in [0.1, 0.15) is 0 Å². The van der Waals surface area contributed by atoms with Gasteiger partial charge in [0, 0.05) is 36.7 Å². The van der Waals surface area contributed by atoms with Crippen molar-refractivity contribution >= 4 is 5.91 Å². The van der Waals surface area contributed by atoms with Gasteiger partial charge in [-0.15, -0.1) is 0 Å². The molecule has 2 N–H and O–H groups in total. The fourth-order valence-electron chi connectivity index (χ4n) is 3.40. The van der Waals surface area contributed by atoms with Crippen LogP contribution in [0, 0.1) is 13.8 Å². The van der Waals surface area contributed by atoms with E-state index < -0.39 is 0 Å². The summed E-state index contributed by atoms with van der Waals surface area (Å²) in [4.78, 5) is 12.2. The first-order valence-corrected chi connectivity index (χ1v) is 9.17. The molecule has 0 bridgehead atoms. The van der Waals surface area contributed by atoms with E-state index in [2.05, 4.69) is 42.7 Å². The first kappa shape index (κ1) is 19.3. The van der Waals surface area contributed by atoms with Crippen LogP contribution >= 0.6 is 0 Å². The lowest BCUT2D eigenvalue weighted by Gasteiger charge is -2.13. The van der Waals surface area contributed by atoms with E-state index in [0.717, 1.165) is 55.8 Å². The van der Waals surface area contributed by atoms with E-state index >= 15 is 0 Å². The van der Waals surface area contributed by atoms with E-state index in [-0.39, 0.29) is 5.91 Å². The van der Waals surface area contributed by atoms with Crippen molar-refractivity contribution in [3.63, 3.8) is 0 Å². The number of primary amides is 1. The van der Waals surface area contributed by atoms with Crippen LogP contribution in [0.15, 0.2) is 24.3 Å². The van der Waals surface area contributed by atoms with Crippen LogP contribution in [0.1, 0.15) is 54.0 Å². The Morgan fingerprint density at radius 2 is 1.84 bits per heavy atom. The Kier molecular flexibility index (Phi) is 6.82. The van der Waals surface area contributed by atoms with Crippen LogP contribution in [-0.2, 0) is 17.7 Å². The second-order valence-corrected chi connectivity index (χ2v) is 6.46. The molecule has 2 rings (SSSR count). The summed E-state index contributed by atoms with van der Waals surface area (Å²) < 4.78 is 7.73. The molecule has 4 nitrogen and oxygen atoms in total. The van der Waals surface area contributed by atoms with Crippen LogP contribution in [0.5, 0.6) is 0 Å². The number of nitrogens with two attached hydrogens (primary N) is 1. The van der Waals surface area contributed by atoms with Crippen LogP contribution in [0.3, 0.4) is 0 Å². The topological polar surface area (TPSA) is 57.2 Å². The molecule has 0 aliphatic heterocycles. The Bertz CT molecular complexity index is 714. The Morgan fingerprint density at radius 1 is 1.16 bits per heavy atom. The average Bonchev–Trinajstić information content (AvgIpc) is 2.85. The summed E-state index contributed by atoms with van der Waals surface area (Å²) >= 11 is 0. The smallest absolute Gasteiger partial charge is 0.251 e. The van der Waals surface area contributed by atoms with Gasteiger partial charge in [0.05, 0.1) is 5.56 Å². The molecule has 0 aliphatic carbocycles. The fraction of sp³-hybridized carbons (Fsp3) is 0.476. The standard InChI is InChI=1S/C21H30N2O2/c1-5-8-18-20(17-11-9-15(3)10-12-17)19(21(22)24)16(4)23(18)13-7-14-25-6-2/h9-12H,5-8,13-14H2,1-4H3,(H2,22,24). The summed E-state index contributed by atoms with van der Waals surface area (Å²) in [7, 11) is 0. The van der Waals surface area contributed by atoms with Gasteiger partial charge >= 0.3 is 0 Å². The van der Waals surface area contributed by atoms with Gasteiger partial charge in [-0.2, -0.15) is 0 Å². The number of nitrogens with zero attached hydrogens (tertiary/aromatic N) is 1. The molecule has 1 amide bonds. The summed E-state index contributed by atoms with van der Waals surface area (Å²) in [5, 5.41) is 0. The average molecular weight is 342 g/mol. The van der Waals surface area contributed by atoms with Crippen LogP contribution in [-0.4, -0.2) is 23.7 Å². The molecule has 0 atom stereocenters. The molecule has 25 heavy (non-hydrogen) atoms. The zero-order valence-corrected chi connectivity index (χ0v) is 15.9. The SMILES string of the molecule is CCCc1c(-c2ccc(C)cc2)c(C(N)=O)c(C)n1CCCOCC. The Labute approximate surface area is 151 Å². The minimum Gasteiger partial charge on any atom is -0.382 e. The summed E-state index contributed by atoms with van der Waals surface area (Å²) in [6.45, 7) is 10.5. The first-order chi connectivity index (χ1) is 12.0. The monoisotopic (exact) mass is 342 g/mol. The lowest BCUT2D eigenvalue weighted by atomic mass is 9.97. The number of aromatic nitrogens is 1. The van der Waals surface area contributed by atoms with E-state index in [9.17, 15) is 4.79 Å². The third-order valence-electron chi connectivity index (χ3n) is 4.58. The zero-order valence-electron chi connectivity index (χ0n) is 15.9. The molecule has 0 unspecified atom stereocenters. The number of amides is 1. The van der Waals surface area contributed by atoms with Crippen molar-refractivity contribution in [3.05, 3.63) is 46.8 Å². The minimum atomic E-state index is -0.353. The van der Waals surface area contributed by atoms with Gasteiger partial charge in [-0.1, -0.05) is 43.2 Å². The number of ether oxygens (including phenoxy) is 1. The van der Waals surface area contributed by atoms with Crippen molar-refractivity contribution in [3.8, 4) is 11.1 Å². The van der Waals surface area contributed by atoms with Crippen LogP contribution in [0.25, 0.3) is 11.1 Å². The Hall–Kier alpha value is -2.07. The Morgan fingerprint density at radius 3 is 2.40 bits per heavy atom. The maximum Gasteiger partial charge on any atom is 0.251 e. The molecule has 2 aromatic rings. The largest absolute Gasteiger partial charge is 0.382 e. The number of carbonyl (C=O) groups excluding carboxylic acids is 1. The fourth-order valence-corrected chi connectivity index (χ4v) is 3.40. The molecule has 0 radical (unpaired) electrons. The molecule has 0 saturated heterocycles. The third kappa shape index (κ3) is 4.31. The molecule has 0 saturated carbocycles. The van der Waals surface area contributed by atoms with E-state index in [4.69, 9.17) is 10.5 Å². The number of hydrogen-bond acceptors (Lipinski definition) is 2. The lowest BCUT2D eigenvalue weighted by molar-refractivity contribution is 0.1000. The molecule has 1 aromatic heterocycles. The predicted molar refractivity (Wildman–Crippen MR) is 103 cm³/mol. The highest BCUT2D eigenvalue weighted by Crippen LogP contribution is 2.34. The third-order valence-corrected chi connectivity index (χ3v) is 4.58. The second kappa shape index (κ2) is 8.86. The molecular weight excluding hydrogens is 312 g/mol. The van der Waals surface area contributed by atoms with E-state index in [1.54, 1.807) is 0 Å². The van der Waals surface area contributed by atoms with Gasteiger partial charge in [-0.05, 0) is 39.2 Å². The highest BCUT2D eigenvalue weighted by Gasteiger charge is 2.24. The number of hydrogen-bond donors (Lipinski definition) is 1. The van der Waals surface area contributed by atoms with Gasteiger partial charge in [-0.25, -0.2) is 0 Å². The molecule has 0 aliphatic rings. The van der Waals surface area contributed by atoms with E-state index in [1.165, 1.54) is 11.3 Å². The highest BCUT2D eigenvalue weighted by atomic mass is 16.5. The summed E-state index contributed by atoms with van der Waals surface area (Å²) in [5.74, 6) is -0.353. The van der Waals surface area contributed by atoms with Crippen molar-refractivity contribution in [1.82, 2.24) is 4.57 Å². The number of aryl methyl sites for hydroxylation is 1. The summed E-state index contributed by atoms with van der Waals surface area (Å²) in [6, 6.07) is 8.33. The molecule has 0 fully saturated rings. The van der Waals surface area contributed by atoms with Gasteiger partial charge in [0.15, 0.2) is 0 Å². The van der Waals surface area contributed by atoms with E-state index in [0.29, 0.717) is 5.56 Å². The van der Waals surface area contributed by atoms with Crippen molar-refractivity contribution in [2.24, 2.45) is 5.73 Å². The van der Waals surface area contributed by atoms with Crippen LogP contribution in [0.2, 0.25) is 0 Å². The van der Waals surface area contributed by atoms with E-state index in [1.807, 2.05) is 13.8 Å². The summed E-state index contributed by atoms with van der Waals surface area (Å²) in [5.41, 5.74) is 11.9. The number of carbonyl (C=O) groups is 1. The van der Waals surface area contributed by atoms with Crippen LogP contribution in [0.4, 0.5) is 0 Å². The normalized spacial score (nSPS) is 11.0. The zero-order chi connectivity index (χ0) is 18.4. The predicted octanol–water partition coefficient (Wildman–Crippen LogP) is 4.25. The van der Waals surface area contributed by atoms with Gasteiger partial charge in [0.2, 0.25) is 0 Å². The Balaban J connectivity index is 2.54. The minimum absolute atomic E-state index is 0.353.